The fourth-order valence-electron chi connectivity index (χ4n) is 3.60. The summed E-state index contributed by atoms with van der Waals surface area (Å²) in [5.74, 6) is -1.50. The van der Waals surface area contributed by atoms with Crippen molar-refractivity contribution >= 4 is 11.9 Å². The Morgan fingerprint density at radius 1 is 1.10 bits per heavy atom. The van der Waals surface area contributed by atoms with Crippen molar-refractivity contribution in [3.8, 4) is 0 Å². The Morgan fingerprint density at radius 3 is 2.19 bits per heavy atom. The van der Waals surface area contributed by atoms with Gasteiger partial charge in [0.15, 0.2) is 0 Å². The Morgan fingerprint density at radius 2 is 1.67 bits per heavy atom. The van der Waals surface area contributed by atoms with Gasteiger partial charge in [0, 0.05) is 32.2 Å². The highest BCUT2D eigenvalue weighted by Crippen LogP contribution is 2.32. The lowest BCUT2D eigenvalue weighted by Gasteiger charge is -2.40. The summed E-state index contributed by atoms with van der Waals surface area (Å²) in [4.78, 5) is 28.3. The van der Waals surface area contributed by atoms with E-state index in [4.69, 9.17) is 0 Å². The minimum atomic E-state index is -0.800. The molecule has 2 rings (SSSR count). The lowest BCUT2D eigenvalue weighted by molar-refractivity contribution is -0.153. The van der Waals surface area contributed by atoms with E-state index in [1.54, 1.807) is 0 Å². The fourth-order valence-corrected chi connectivity index (χ4v) is 3.60. The van der Waals surface area contributed by atoms with Crippen molar-refractivity contribution in [2.24, 2.45) is 11.8 Å². The molecular formula is C16H28N2O3. The molecule has 0 radical (unpaired) electrons. The lowest BCUT2D eigenvalue weighted by atomic mass is 9.78. The van der Waals surface area contributed by atoms with Crippen molar-refractivity contribution in [2.75, 3.05) is 26.2 Å². The molecule has 3 atom stereocenters. The molecule has 1 saturated carbocycles. The molecule has 21 heavy (non-hydrogen) atoms. The van der Waals surface area contributed by atoms with Gasteiger partial charge < -0.3 is 10.0 Å². The van der Waals surface area contributed by atoms with Gasteiger partial charge in [0.2, 0.25) is 5.91 Å². The fraction of sp³-hybridized carbons (Fsp3) is 0.875. The van der Waals surface area contributed by atoms with Crippen molar-refractivity contribution in [2.45, 2.75) is 52.0 Å². The summed E-state index contributed by atoms with van der Waals surface area (Å²) in [6.07, 6.45) is 4.42. The first kappa shape index (κ1) is 16.3. The van der Waals surface area contributed by atoms with Gasteiger partial charge in [-0.05, 0) is 26.2 Å². The molecule has 0 aromatic rings. The summed E-state index contributed by atoms with van der Waals surface area (Å²) in [6, 6.07) is 0.559. The highest BCUT2D eigenvalue weighted by Gasteiger charge is 2.38. The molecule has 1 aliphatic carbocycles. The van der Waals surface area contributed by atoms with E-state index in [0.29, 0.717) is 12.5 Å². The number of piperazine rings is 1. The predicted molar refractivity (Wildman–Crippen MR) is 81.0 cm³/mol. The third kappa shape index (κ3) is 3.76. The van der Waals surface area contributed by atoms with Crippen LogP contribution in [0, 0.1) is 11.8 Å². The van der Waals surface area contributed by atoms with Crippen molar-refractivity contribution in [1.29, 1.82) is 0 Å². The van der Waals surface area contributed by atoms with E-state index < -0.39 is 11.9 Å². The number of aliphatic carboxylic acids is 1. The van der Waals surface area contributed by atoms with Crippen molar-refractivity contribution < 1.29 is 14.7 Å². The standard InChI is InChI=1S/C16H28N2O3/c1-3-12(2)17-8-10-18(11-9-17)15(19)13-6-4-5-7-14(13)16(20)21/h12-14H,3-11H2,1-2H3,(H,20,21). The summed E-state index contributed by atoms with van der Waals surface area (Å²) >= 11 is 0. The summed E-state index contributed by atoms with van der Waals surface area (Å²) in [7, 11) is 0. The second kappa shape index (κ2) is 7.25. The van der Waals surface area contributed by atoms with E-state index in [9.17, 15) is 14.7 Å². The number of carbonyl (C=O) groups excluding carboxylic acids is 1. The maximum absolute atomic E-state index is 12.7. The van der Waals surface area contributed by atoms with Crippen molar-refractivity contribution in [3.05, 3.63) is 0 Å². The number of rotatable bonds is 4. The molecule has 5 nitrogen and oxygen atoms in total. The zero-order chi connectivity index (χ0) is 15.4. The minimum Gasteiger partial charge on any atom is -0.481 e. The van der Waals surface area contributed by atoms with Crippen LogP contribution in [-0.4, -0.2) is 59.0 Å². The number of hydrogen-bond acceptors (Lipinski definition) is 3. The number of carbonyl (C=O) groups is 2. The SMILES string of the molecule is CCC(C)N1CCN(C(=O)C2CCCCC2C(=O)O)CC1. The Labute approximate surface area is 127 Å². The molecule has 1 heterocycles. The number of carboxylic acids is 1. The van der Waals surface area contributed by atoms with Crippen LogP contribution in [0.15, 0.2) is 0 Å². The zero-order valence-electron chi connectivity index (χ0n) is 13.3. The van der Waals surface area contributed by atoms with Gasteiger partial charge in [0.05, 0.1) is 11.8 Å². The van der Waals surface area contributed by atoms with Crippen LogP contribution in [0.4, 0.5) is 0 Å². The number of nitrogens with zero attached hydrogens (tertiary/aromatic N) is 2. The van der Waals surface area contributed by atoms with Gasteiger partial charge in [-0.2, -0.15) is 0 Å². The molecule has 3 unspecified atom stereocenters. The van der Waals surface area contributed by atoms with Crippen LogP contribution in [0.3, 0.4) is 0 Å². The normalized spacial score (nSPS) is 29.1. The topological polar surface area (TPSA) is 60.9 Å². The quantitative estimate of drug-likeness (QED) is 0.859. The summed E-state index contributed by atoms with van der Waals surface area (Å²) < 4.78 is 0. The molecule has 0 spiro atoms. The van der Waals surface area contributed by atoms with Gasteiger partial charge in [-0.1, -0.05) is 19.8 Å². The van der Waals surface area contributed by atoms with E-state index in [1.807, 2.05) is 4.90 Å². The molecular weight excluding hydrogens is 268 g/mol. The van der Waals surface area contributed by atoms with Crippen LogP contribution >= 0.6 is 0 Å². The van der Waals surface area contributed by atoms with Crippen LogP contribution in [0.5, 0.6) is 0 Å². The van der Waals surface area contributed by atoms with E-state index >= 15 is 0 Å². The lowest BCUT2D eigenvalue weighted by Crippen LogP contribution is -2.53. The first-order valence-corrected chi connectivity index (χ1v) is 8.30. The molecule has 1 saturated heterocycles. The minimum absolute atomic E-state index is 0.0749. The summed E-state index contributed by atoms with van der Waals surface area (Å²) in [5.41, 5.74) is 0. The van der Waals surface area contributed by atoms with E-state index in [2.05, 4.69) is 18.7 Å². The van der Waals surface area contributed by atoms with E-state index in [1.165, 1.54) is 0 Å². The molecule has 2 fully saturated rings. The van der Waals surface area contributed by atoms with E-state index in [-0.39, 0.29) is 11.8 Å². The van der Waals surface area contributed by atoms with Crippen LogP contribution in [0.1, 0.15) is 46.0 Å². The zero-order valence-corrected chi connectivity index (χ0v) is 13.3. The number of hydrogen-bond donors (Lipinski definition) is 1. The van der Waals surface area contributed by atoms with Gasteiger partial charge in [-0.15, -0.1) is 0 Å². The van der Waals surface area contributed by atoms with Gasteiger partial charge in [-0.25, -0.2) is 0 Å². The van der Waals surface area contributed by atoms with Gasteiger partial charge >= 0.3 is 5.97 Å². The third-order valence-electron chi connectivity index (χ3n) is 5.24. The highest BCUT2D eigenvalue weighted by molar-refractivity contribution is 5.85. The predicted octanol–water partition coefficient (Wildman–Crippen LogP) is 1.82. The molecule has 0 bridgehead atoms. The first-order chi connectivity index (χ1) is 10.0. The highest BCUT2D eigenvalue weighted by atomic mass is 16.4. The smallest absolute Gasteiger partial charge is 0.307 e. The Bertz CT molecular complexity index is 378. The first-order valence-electron chi connectivity index (χ1n) is 8.30. The summed E-state index contributed by atoms with van der Waals surface area (Å²) in [5, 5.41) is 9.32. The summed E-state index contributed by atoms with van der Waals surface area (Å²) in [6.45, 7) is 7.70. The molecule has 120 valence electrons. The molecule has 1 aliphatic heterocycles. The van der Waals surface area contributed by atoms with Gasteiger partial charge in [-0.3, -0.25) is 14.5 Å². The van der Waals surface area contributed by atoms with Crippen LogP contribution < -0.4 is 0 Å². The second-order valence-electron chi connectivity index (χ2n) is 6.45. The largest absolute Gasteiger partial charge is 0.481 e. The Kier molecular flexibility index (Phi) is 5.62. The molecule has 1 amide bonds. The Balaban J connectivity index is 1.93. The van der Waals surface area contributed by atoms with Crippen LogP contribution in [-0.2, 0) is 9.59 Å². The maximum Gasteiger partial charge on any atom is 0.307 e. The molecule has 5 heteroatoms. The maximum atomic E-state index is 12.7. The molecule has 0 aromatic carbocycles. The average molecular weight is 296 g/mol. The Hall–Kier alpha value is -1.10. The van der Waals surface area contributed by atoms with E-state index in [0.717, 1.165) is 51.9 Å². The average Bonchev–Trinajstić information content (AvgIpc) is 2.53. The van der Waals surface area contributed by atoms with Crippen LogP contribution in [0.2, 0.25) is 0 Å². The number of amides is 1. The van der Waals surface area contributed by atoms with Crippen LogP contribution in [0.25, 0.3) is 0 Å². The third-order valence-corrected chi connectivity index (χ3v) is 5.24. The van der Waals surface area contributed by atoms with Crippen molar-refractivity contribution in [3.63, 3.8) is 0 Å². The molecule has 1 N–H and O–H groups in total. The monoisotopic (exact) mass is 296 g/mol. The second-order valence-corrected chi connectivity index (χ2v) is 6.45. The van der Waals surface area contributed by atoms with Gasteiger partial charge in [0.1, 0.15) is 0 Å². The number of carboxylic acid groups (broad SMARTS) is 1. The van der Waals surface area contributed by atoms with Crippen molar-refractivity contribution in [1.82, 2.24) is 9.80 Å². The molecule has 0 aromatic heterocycles. The van der Waals surface area contributed by atoms with Gasteiger partial charge in [0.25, 0.3) is 0 Å². The molecule has 2 aliphatic rings.